The number of halogens is 1. The van der Waals surface area contributed by atoms with E-state index in [2.05, 4.69) is 0 Å². The summed E-state index contributed by atoms with van der Waals surface area (Å²) in [5, 5.41) is 1.63. The maximum absolute atomic E-state index is 12.9. The molecule has 3 atom stereocenters. The van der Waals surface area contributed by atoms with Crippen molar-refractivity contribution in [3.05, 3.63) is 47.5 Å². The minimum absolute atomic E-state index is 0. The number of carbonyl (C=O) groups is 3. The highest BCUT2D eigenvalue weighted by Gasteiger charge is 2.42. The summed E-state index contributed by atoms with van der Waals surface area (Å²) in [6.45, 7) is 1.81. The molecule has 0 radical (unpaired) electrons. The molecule has 0 bridgehead atoms. The van der Waals surface area contributed by atoms with Crippen LogP contribution in [0.1, 0.15) is 46.4 Å². The fourth-order valence-electron chi connectivity index (χ4n) is 5.34. The van der Waals surface area contributed by atoms with Gasteiger partial charge in [0.2, 0.25) is 5.91 Å². The molecule has 0 aromatic heterocycles. The first-order chi connectivity index (χ1) is 14.0. The highest BCUT2D eigenvalue weighted by Crippen LogP contribution is 2.37. The zero-order valence-corrected chi connectivity index (χ0v) is 17.6. The van der Waals surface area contributed by atoms with Gasteiger partial charge in [-0.15, -0.1) is 12.4 Å². The summed E-state index contributed by atoms with van der Waals surface area (Å²) >= 11 is 0. The molecule has 1 saturated carbocycles. The van der Waals surface area contributed by atoms with E-state index in [1.807, 2.05) is 29.2 Å². The van der Waals surface area contributed by atoms with Crippen molar-refractivity contribution in [1.82, 2.24) is 9.80 Å². The number of amides is 3. The van der Waals surface area contributed by atoms with Gasteiger partial charge in [-0.2, -0.15) is 0 Å². The molecule has 158 valence electrons. The van der Waals surface area contributed by atoms with Gasteiger partial charge in [-0.05, 0) is 48.6 Å². The largest absolute Gasteiger partial charge is 0.342 e. The molecular weight excluding hydrogens is 402 g/mol. The van der Waals surface area contributed by atoms with Gasteiger partial charge in [0.15, 0.2) is 0 Å². The Bertz CT molecular complexity index is 973. The molecule has 2 aromatic rings. The lowest BCUT2D eigenvalue weighted by Crippen LogP contribution is -2.41. The third-order valence-electron chi connectivity index (χ3n) is 6.89. The Morgan fingerprint density at radius 3 is 2.30 bits per heavy atom. The van der Waals surface area contributed by atoms with Gasteiger partial charge >= 0.3 is 0 Å². The zero-order chi connectivity index (χ0) is 20.1. The van der Waals surface area contributed by atoms with Crippen molar-refractivity contribution in [3.63, 3.8) is 0 Å². The average Bonchev–Trinajstić information content (AvgIpc) is 3.30. The second-order valence-corrected chi connectivity index (χ2v) is 8.54. The Morgan fingerprint density at radius 1 is 1.00 bits per heavy atom. The molecule has 2 aliphatic heterocycles. The van der Waals surface area contributed by atoms with Crippen LogP contribution in [0.3, 0.4) is 0 Å². The van der Waals surface area contributed by atoms with E-state index < -0.39 is 0 Å². The van der Waals surface area contributed by atoms with Crippen LogP contribution in [-0.4, -0.2) is 53.2 Å². The highest BCUT2D eigenvalue weighted by molar-refractivity contribution is 6.25. The van der Waals surface area contributed by atoms with Crippen molar-refractivity contribution < 1.29 is 14.4 Å². The third kappa shape index (κ3) is 3.28. The van der Waals surface area contributed by atoms with Crippen LogP contribution >= 0.6 is 12.4 Å². The molecule has 5 rings (SSSR count). The molecule has 3 aliphatic rings. The molecule has 2 aromatic carbocycles. The van der Waals surface area contributed by atoms with E-state index in [0.29, 0.717) is 35.8 Å². The van der Waals surface area contributed by atoms with Crippen LogP contribution in [0.15, 0.2) is 36.4 Å². The van der Waals surface area contributed by atoms with Crippen LogP contribution in [0.5, 0.6) is 0 Å². The quantitative estimate of drug-likeness (QED) is 0.760. The van der Waals surface area contributed by atoms with Crippen LogP contribution in [0.2, 0.25) is 0 Å². The lowest BCUT2D eigenvalue weighted by molar-refractivity contribution is -0.130. The summed E-state index contributed by atoms with van der Waals surface area (Å²) in [6.07, 6.45) is 2.99. The number of likely N-dealkylation sites (tertiary alicyclic amines) is 1. The van der Waals surface area contributed by atoms with Crippen molar-refractivity contribution in [3.8, 4) is 0 Å². The van der Waals surface area contributed by atoms with Gasteiger partial charge in [-0.25, -0.2) is 0 Å². The molecule has 2 N–H and O–H groups in total. The first-order valence-electron chi connectivity index (χ1n) is 10.5. The topological polar surface area (TPSA) is 83.7 Å². The lowest BCUT2D eigenvalue weighted by atomic mass is 9.94. The fraction of sp³-hybridized carbons (Fsp3) is 0.435. The highest BCUT2D eigenvalue weighted by atomic mass is 35.5. The molecule has 2 heterocycles. The van der Waals surface area contributed by atoms with Crippen molar-refractivity contribution >= 4 is 40.9 Å². The number of nitrogens with two attached hydrogens (primary N) is 1. The number of fused-ring (bicyclic) bond motifs is 1. The number of rotatable bonds is 4. The van der Waals surface area contributed by atoms with E-state index in [-0.39, 0.29) is 42.7 Å². The van der Waals surface area contributed by atoms with Gasteiger partial charge < -0.3 is 10.6 Å². The fourth-order valence-corrected chi connectivity index (χ4v) is 5.34. The van der Waals surface area contributed by atoms with Gasteiger partial charge in [0.05, 0.1) is 0 Å². The third-order valence-corrected chi connectivity index (χ3v) is 6.89. The van der Waals surface area contributed by atoms with E-state index in [1.165, 1.54) is 4.90 Å². The van der Waals surface area contributed by atoms with Gasteiger partial charge in [0.25, 0.3) is 11.8 Å². The lowest BCUT2D eigenvalue weighted by Gasteiger charge is -2.27. The minimum Gasteiger partial charge on any atom is -0.342 e. The van der Waals surface area contributed by atoms with E-state index in [0.717, 1.165) is 36.7 Å². The Morgan fingerprint density at radius 2 is 1.67 bits per heavy atom. The summed E-state index contributed by atoms with van der Waals surface area (Å²) in [5.74, 6) is 0.533. The Hall–Kier alpha value is -2.44. The SMILES string of the molecule is Cl.NC1CCC2CN(C(=O)CCCN3C(=O)c4cccc5cccc(c45)C3=O)CC12. The van der Waals surface area contributed by atoms with Crippen LogP contribution < -0.4 is 5.73 Å². The Kier molecular flexibility index (Phi) is 5.55. The second-order valence-electron chi connectivity index (χ2n) is 8.54. The number of hydrogen-bond acceptors (Lipinski definition) is 4. The summed E-state index contributed by atoms with van der Waals surface area (Å²) < 4.78 is 0. The number of benzene rings is 2. The second kappa shape index (κ2) is 8.00. The molecule has 7 heteroatoms. The van der Waals surface area contributed by atoms with E-state index in [9.17, 15) is 14.4 Å². The van der Waals surface area contributed by atoms with Gasteiger partial charge in [0, 0.05) is 48.6 Å². The van der Waals surface area contributed by atoms with E-state index in [4.69, 9.17) is 5.73 Å². The predicted octanol–water partition coefficient (Wildman–Crippen LogP) is 2.83. The zero-order valence-electron chi connectivity index (χ0n) is 16.8. The molecule has 3 amide bonds. The monoisotopic (exact) mass is 427 g/mol. The first kappa shape index (κ1) is 20.8. The molecule has 6 nitrogen and oxygen atoms in total. The average molecular weight is 428 g/mol. The van der Waals surface area contributed by atoms with E-state index in [1.54, 1.807) is 12.1 Å². The van der Waals surface area contributed by atoms with Crippen molar-refractivity contribution in [2.45, 2.75) is 31.7 Å². The maximum atomic E-state index is 12.9. The molecule has 1 aliphatic carbocycles. The number of carbonyl (C=O) groups excluding carboxylic acids is 3. The Labute approximate surface area is 181 Å². The molecule has 3 unspecified atom stereocenters. The standard InChI is InChI=1S/C23H25N3O3.ClH/c24-19-10-9-15-12-25(13-18(15)19)20(27)8-3-11-26-22(28)16-6-1-4-14-5-2-7-17(21(14)16)23(26)29;/h1-2,4-7,15,18-19H,3,8-13,24H2;1H. The van der Waals surface area contributed by atoms with E-state index >= 15 is 0 Å². The normalized spacial score (nSPS) is 24.9. The molecule has 1 saturated heterocycles. The summed E-state index contributed by atoms with van der Waals surface area (Å²) in [6, 6.07) is 11.3. The molecular formula is C23H26ClN3O3. The van der Waals surface area contributed by atoms with Gasteiger partial charge in [-0.1, -0.05) is 24.3 Å². The van der Waals surface area contributed by atoms with Crippen molar-refractivity contribution in [1.29, 1.82) is 0 Å². The van der Waals surface area contributed by atoms with Crippen LogP contribution in [0.25, 0.3) is 10.8 Å². The first-order valence-corrected chi connectivity index (χ1v) is 10.5. The van der Waals surface area contributed by atoms with Crippen LogP contribution in [0, 0.1) is 11.8 Å². The van der Waals surface area contributed by atoms with Gasteiger partial charge in [0.1, 0.15) is 0 Å². The Balaban J connectivity index is 0.00000218. The van der Waals surface area contributed by atoms with Crippen molar-refractivity contribution in [2.24, 2.45) is 17.6 Å². The number of imide groups is 1. The molecule has 2 fully saturated rings. The maximum Gasteiger partial charge on any atom is 0.261 e. The van der Waals surface area contributed by atoms with Crippen molar-refractivity contribution in [2.75, 3.05) is 19.6 Å². The number of hydrogen-bond donors (Lipinski definition) is 1. The predicted molar refractivity (Wildman–Crippen MR) is 117 cm³/mol. The minimum atomic E-state index is -0.270. The smallest absolute Gasteiger partial charge is 0.261 e. The van der Waals surface area contributed by atoms with Crippen LogP contribution in [-0.2, 0) is 4.79 Å². The summed E-state index contributed by atoms with van der Waals surface area (Å²) in [4.78, 5) is 41.7. The van der Waals surface area contributed by atoms with Gasteiger partial charge in [-0.3, -0.25) is 19.3 Å². The number of nitrogens with zero attached hydrogens (tertiary/aromatic N) is 2. The summed E-state index contributed by atoms with van der Waals surface area (Å²) in [7, 11) is 0. The van der Waals surface area contributed by atoms with Crippen LogP contribution in [0.4, 0.5) is 0 Å². The molecule has 30 heavy (non-hydrogen) atoms. The molecule has 0 spiro atoms. The summed E-state index contributed by atoms with van der Waals surface area (Å²) in [5.41, 5.74) is 7.28.